The molecule has 2 fully saturated rings. The first-order valence-corrected chi connectivity index (χ1v) is 10.5. The Hall–Kier alpha value is -1.98. The van der Waals surface area contributed by atoms with Gasteiger partial charge in [-0.05, 0) is 63.6 Å². The number of carbonyl (C=O) groups is 1. The molecule has 0 bridgehead atoms. The fraction of sp³-hybridized carbons (Fsp3) is 0.565. The summed E-state index contributed by atoms with van der Waals surface area (Å²) in [6, 6.07) is 10.2. The number of Topliss-reactive ketones (excluding diaryl/α,β-unsaturated/α-hetero) is 1. The molecule has 4 rings (SSSR count). The van der Waals surface area contributed by atoms with Crippen LogP contribution in [0.1, 0.15) is 65.4 Å². The molecule has 150 valence electrons. The van der Waals surface area contributed by atoms with Crippen molar-refractivity contribution in [2.45, 2.75) is 57.5 Å². The molecule has 2 heterocycles. The molecule has 0 spiro atoms. The Morgan fingerprint density at radius 1 is 1.21 bits per heavy atom. The van der Waals surface area contributed by atoms with E-state index in [4.69, 9.17) is 4.52 Å². The Bertz CT molecular complexity index is 786. The summed E-state index contributed by atoms with van der Waals surface area (Å²) in [5, 5.41) is 14.4. The van der Waals surface area contributed by atoms with Crippen LogP contribution in [0.5, 0.6) is 0 Å². The van der Waals surface area contributed by atoms with Crippen LogP contribution in [-0.4, -0.2) is 46.7 Å². The lowest BCUT2D eigenvalue weighted by atomic mass is 9.90. The van der Waals surface area contributed by atoms with Crippen molar-refractivity contribution in [2.75, 3.05) is 19.6 Å². The van der Waals surface area contributed by atoms with E-state index in [-0.39, 0.29) is 11.9 Å². The number of rotatable bonds is 8. The van der Waals surface area contributed by atoms with E-state index in [1.165, 1.54) is 11.1 Å². The van der Waals surface area contributed by atoms with Crippen LogP contribution in [0.4, 0.5) is 0 Å². The molecule has 1 saturated carbocycles. The number of ketones is 1. The topological polar surface area (TPSA) is 66.6 Å². The van der Waals surface area contributed by atoms with Crippen LogP contribution in [0.3, 0.4) is 0 Å². The van der Waals surface area contributed by atoms with Gasteiger partial charge in [-0.25, -0.2) is 0 Å². The van der Waals surface area contributed by atoms with E-state index in [2.05, 4.69) is 41.2 Å². The average molecular weight is 383 g/mol. The standard InChI is InChI=1S/C23H30N2O3/c1-16-2-4-17(5-3-16)12-20(26)15-25-10-8-18(9-11-25)13-22(27)21-14-23(28-24-21)19-6-7-19/h2-5,14,18-20,26H,6-13,15H2,1H3/t20-/m1/s1. The Kier molecular flexibility index (Phi) is 5.93. The number of benzene rings is 1. The normalized spacial score (nSPS) is 19.6. The van der Waals surface area contributed by atoms with Crippen molar-refractivity contribution in [3.05, 3.63) is 52.9 Å². The van der Waals surface area contributed by atoms with Crippen LogP contribution in [-0.2, 0) is 6.42 Å². The van der Waals surface area contributed by atoms with Crippen LogP contribution >= 0.6 is 0 Å². The number of aromatic nitrogens is 1. The lowest BCUT2D eigenvalue weighted by Gasteiger charge is -2.32. The molecular weight excluding hydrogens is 352 g/mol. The highest BCUT2D eigenvalue weighted by atomic mass is 16.5. The average Bonchev–Trinajstić information content (AvgIpc) is 3.41. The molecule has 0 unspecified atom stereocenters. The molecule has 1 aliphatic carbocycles. The summed E-state index contributed by atoms with van der Waals surface area (Å²) < 4.78 is 5.31. The van der Waals surface area contributed by atoms with Gasteiger partial charge in [0.25, 0.3) is 0 Å². The third kappa shape index (κ3) is 5.09. The third-order valence-electron chi connectivity index (χ3n) is 6.04. The first-order valence-electron chi connectivity index (χ1n) is 10.5. The zero-order valence-corrected chi connectivity index (χ0v) is 16.6. The van der Waals surface area contributed by atoms with E-state index in [0.717, 1.165) is 44.5 Å². The largest absolute Gasteiger partial charge is 0.391 e. The number of nitrogens with zero attached hydrogens (tertiary/aromatic N) is 2. The second-order valence-electron chi connectivity index (χ2n) is 8.60. The highest BCUT2D eigenvalue weighted by Gasteiger charge is 2.30. The van der Waals surface area contributed by atoms with Gasteiger partial charge < -0.3 is 14.5 Å². The molecule has 1 saturated heterocycles. The predicted molar refractivity (Wildman–Crippen MR) is 107 cm³/mol. The SMILES string of the molecule is Cc1ccc(C[C@@H](O)CN2CCC(CC(=O)c3cc(C4CC4)on3)CC2)cc1. The molecule has 28 heavy (non-hydrogen) atoms. The van der Waals surface area contributed by atoms with Crippen molar-refractivity contribution in [1.29, 1.82) is 0 Å². The summed E-state index contributed by atoms with van der Waals surface area (Å²) in [5.74, 6) is 1.87. The molecule has 2 aromatic rings. The second-order valence-corrected chi connectivity index (χ2v) is 8.60. The molecule has 1 aromatic heterocycles. The summed E-state index contributed by atoms with van der Waals surface area (Å²) in [5.41, 5.74) is 2.92. The Balaban J connectivity index is 1.19. The molecule has 2 aliphatic rings. The van der Waals surface area contributed by atoms with Gasteiger partial charge >= 0.3 is 0 Å². The van der Waals surface area contributed by atoms with Crippen LogP contribution < -0.4 is 0 Å². The number of hydrogen-bond donors (Lipinski definition) is 1. The van der Waals surface area contributed by atoms with E-state index in [0.29, 0.717) is 36.9 Å². The smallest absolute Gasteiger partial charge is 0.185 e. The van der Waals surface area contributed by atoms with E-state index in [1.54, 1.807) is 0 Å². The Labute approximate surface area is 166 Å². The highest BCUT2D eigenvalue weighted by molar-refractivity contribution is 5.94. The number of aryl methyl sites for hydroxylation is 1. The first kappa shape index (κ1) is 19.3. The number of piperidine rings is 1. The fourth-order valence-corrected chi connectivity index (χ4v) is 4.08. The zero-order chi connectivity index (χ0) is 19.5. The molecule has 0 amide bonds. The third-order valence-corrected chi connectivity index (χ3v) is 6.04. The van der Waals surface area contributed by atoms with Crippen molar-refractivity contribution in [3.8, 4) is 0 Å². The number of hydrogen-bond acceptors (Lipinski definition) is 5. The van der Waals surface area contributed by atoms with E-state index in [1.807, 2.05) is 6.07 Å². The van der Waals surface area contributed by atoms with Crippen molar-refractivity contribution < 1.29 is 14.4 Å². The van der Waals surface area contributed by atoms with E-state index >= 15 is 0 Å². The lowest BCUT2D eigenvalue weighted by molar-refractivity contribution is 0.0799. The van der Waals surface area contributed by atoms with Crippen molar-refractivity contribution in [1.82, 2.24) is 10.1 Å². The highest BCUT2D eigenvalue weighted by Crippen LogP contribution is 2.40. The molecule has 1 N–H and O–H groups in total. The molecular formula is C23H30N2O3. The maximum Gasteiger partial charge on any atom is 0.185 e. The van der Waals surface area contributed by atoms with Crippen LogP contribution in [0.25, 0.3) is 0 Å². The summed E-state index contributed by atoms with van der Waals surface area (Å²) in [7, 11) is 0. The minimum absolute atomic E-state index is 0.105. The zero-order valence-electron chi connectivity index (χ0n) is 16.6. The van der Waals surface area contributed by atoms with E-state index < -0.39 is 0 Å². The molecule has 5 nitrogen and oxygen atoms in total. The quantitative estimate of drug-likeness (QED) is 0.705. The number of carbonyl (C=O) groups excluding carboxylic acids is 1. The van der Waals surface area contributed by atoms with Gasteiger partial charge in [0.05, 0.1) is 6.10 Å². The van der Waals surface area contributed by atoms with Gasteiger partial charge in [0.2, 0.25) is 0 Å². The van der Waals surface area contributed by atoms with E-state index in [9.17, 15) is 9.90 Å². The first-order chi connectivity index (χ1) is 13.6. The minimum atomic E-state index is -0.350. The maximum atomic E-state index is 12.5. The molecule has 0 radical (unpaired) electrons. The fourth-order valence-electron chi connectivity index (χ4n) is 4.08. The van der Waals surface area contributed by atoms with Crippen molar-refractivity contribution in [3.63, 3.8) is 0 Å². The van der Waals surface area contributed by atoms with Gasteiger partial charge in [0.15, 0.2) is 5.78 Å². The number of β-amino-alcohol motifs (C(OH)–C–C–N with tert-alkyl or cyclic N) is 1. The van der Waals surface area contributed by atoms with Crippen LogP contribution in [0, 0.1) is 12.8 Å². The van der Waals surface area contributed by atoms with Crippen LogP contribution in [0.15, 0.2) is 34.9 Å². The van der Waals surface area contributed by atoms with Gasteiger partial charge in [-0.1, -0.05) is 35.0 Å². The van der Waals surface area contributed by atoms with Crippen molar-refractivity contribution >= 4 is 5.78 Å². The summed E-state index contributed by atoms with van der Waals surface area (Å²) in [6.45, 7) is 4.65. The van der Waals surface area contributed by atoms with Gasteiger partial charge in [-0.2, -0.15) is 0 Å². The maximum absolute atomic E-state index is 12.5. The molecule has 1 aromatic carbocycles. The minimum Gasteiger partial charge on any atom is -0.391 e. The number of likely N-dealkylation sites (tertiary alicyclic amines) is 1. The van der Waals surface area contributed by atoms with Gasteiger partial charge in [-0.3, -0.25) is 4.79 Å². The summed E-state index contributed by atoms with van der Waals surface area (Å²) in [4.78, 5) is 14.8. The Morgan fingerprint density at radius 3 is 2.61 bits per heavy atom. The Morgan fingerprint density at radius 2 is 1.93 bits per heavy atom. The molecule has 1 atom stereocenters. The monoisotopic (exact) mass is 382 g/mol. The van der Waals surface area contributed by atoms with Gasteiger partial charge in [-0.15, -0.1) is 0 Å². The summed E-state index contributed by atoms with van der Waals surface area (Å²) in [6.07, 6.45) is 5.18. The van der Waals surface area contributed by atoms with Gasteiger partial charge in [0, 0.05) is 24.9 Å². The summed E-state index contributed by atoms with van der Waals surface area (Å²) >= 11 is 0. The second kappa shape index (κ2) is 8.58. The van der Waals surface area contributed by atoms with Crippen LogP contribution in [0.2, 0.25) is 0 Å². The number of aliphatic hydroxyl groups is 1. The predicted octanol–water partition coefficient (Wildman–Crippen LogP) is 3.75. The molecule has 5 heteroatoms. The van der Waals surface area contributed by atoms with Gasteiger partial charge in [0.1, 0.15) is 11.5 Å². The molecule has 1 aliphatic heterocycles. The van der Waals surface area contributed by atoms with Crippen molar-refractivity contribution in [2.24, 2.45) is 5.92 Å². The number of aliphatic hydroxyl groups excluding tert-OH is 1. The lowest BCUT2D eigenvalue weighted by Crippen LogP contribution is -2.39.